The smallest absolute Gasteiger partial charge is 0.261 e. The predicted molar refractivity (Wildman–Crippen MR) is 75.2 cm³/mol. The average Bonchev–Trinajstić information content (AvgIpc) is 2.46. The maximum Gasteiger partial charge on any atom is 0.261 e. The third-order valence-electron chi connectivity index (χ3n) is 3.00. The van der Waals surface area contributed by atoms with Crippen molar-refractivity contribution in [2.45, 2.75) is 6.54 Å². The lowest BCUT2D eigenvalue weighted by atomic mass is 10.1. The highest BCUT2D eigenvalue weighted by atomic mass is 16.3. The molecule has 0 saturated carbocycles. The highest BCUT2D eigenvalue weighted by Crippen LogP contribution is 2.21. The van der Waals surface area contributed by atoms with Gasteiger partial charge < -0.3 is 15.7 Å². The molecule has 2 aromatic carbocycles. The number of nitrogens with two attached hydrogens (primary N) is 1. The molecule has 3 N–H and O–H groups in total. The highest BCUT2D eigenvalue weighted by Gasteiger charge is 2.16. The monoisotopic (exact) mass is 256 g/mol. The van der Waals surface area contributed by atoms with Gasteiger partial charge in [-0.25, -0.2) is 0 Å². The van der Waals surface area contributed by atoms with Crippen LogP contribution in [0.4, 0.5) is 5.69 Å². The van der Waals surface area contributed by atoms with Crippen molar-refractivity contribution >= 4 is 11.6 Å². The molecule has 0 atom stereocenters. The van der Waals surface area contributed by atoms with Gasteiger partial charge in [0.05, 0.1) is 5.56 Å². The molecule has 4 heteroatoms. The molecule has 0 unspecified atom stereocenters. The molecule has 0 aliphatic heterocycles. The zero-order valence-corrected chi connectivity index (χ0v) is 10.7. The van der Waals surface area contributed by atoms with Crippen molar-refractivity contribution in [2.24, 2.45) is 5.73 Å². The van der Waals surface area contributed by atoms with E-state index < -0.39 is 0 Å². The van der Waals surface area contributed by atoms with Crippen LogP contribution in [0, 0.1) is 0 Å². The minimum Gasteiger partial charge on any atom is -0.507 e. The van der Waals surface area contributed by atoms with Crippen LogP contribution in [0.15, 0.2) is 48.5 Å². The van der Waals surface area contributed by atoms with Gasteiger partial charge in [0.25, 0.3) is 5.91 Å². The first-order valence-corrected chi connectivity index (χ1v) is 5.98. The number of hydrogen-bond donors (Lipinski definition) is 2. The first-order valence-electron chi connectivity index (χ1n) is 5.98. The van der Waals surface area contributed by atoms with Crippen LogP contribution in [0.25, 0.3) is 0 Å². The number of nitrogens with zero attached hydrogens (tertiary/aromatic N) is 1. The summed E-state index contributed by atoms with van der Waals surface area (Å²) in [5.41, 5.74) is 7.58. The first kappa shape index (κ1) is 13.1. The zero-order valence-electron chi connectivity index (χ0n) is 10.7. The molecule has 2 rings (SSSR count). The number of phenolic OH excluding ortho intramolecular Hbond substituents is 1. The topological polar surface area (TPSA) is 66.6 Å². The molecular weight excluding hydrogens is 240 g/mol. The van der Waals surface area contributed by atoms with Crippen LogP contribution in [-0.4, -0.2) is 18.1 Å². The maximum absolute atomic E-state index is 12.3. The number of para-hydroxylation sites is 1. The number of rotatable bonds is 3. The number of phenols is 1. The van der Waals surface area contributed by atoms with Crippen molar-refractivity contribution in [2.75, 3.05) is 11.9 Å². The normalized spacial score (nSPS) is 10.2. The molecule has 98 valence electrons. The van der Waals surface area contributed by atoms with E-state index in [-0.39, 0.29) is 17.2 Å². The molecule has 0 bridgehead atoms. The Morgan fingerprint density at radius 2 is 1.79 bits per heavy atom. The summed E-state index contributed by atoms with van der Waals surface area (Å²) in [6, 6.07) is 13.9. The van der Waals surface area contributed by atoms with Crippen LogP contribution in [0.3, 0.4) is 0 Å². The number of amides is 1. The van der Waals surface area contributed by atoms with Crippen molar-refractivity contribution in [3.05, 3.63) is 59.7 Å². The summed E-state index contributed by atoms with van der Waals surface area (Å²) in [5.74, 6) is -0.267. The van der Waals surface area contributed by atoms with Gasteiger partial charge >= 0.3 is 0 Å². The quantitative estimate of drug-likeness (QED) is 0.884. The number of carbonyl (C=O) groups is 1. The van der Waals surface area contributed by atoms with Crippen LogP contribution in [-0.2, 0) is 6.54 Å². The summed E-state index contributed by atoms with van der Waals surface area (Å²) in [6.45, 7) is 0.470. The van der Waals surface area contributed by atoms with E-state index in [1.807, 2.05) is 24.3 Å². The molecule has 0 aliphatic rings. The number of anilines is 1. The molecule has 0 aliphatic carbocycles. The molecule has 0 fully saturated rings. The van der Waals surface area contributed by atoms with E-state index in [1.54, 1.807) is 25.2 Å². The van der Waals surface area contributed by atoms with Gasteiger partial charge in [-0.1, -0.05) is 24.3 Å². The van der Waals surface area contributed by atoms with E-state index >= 15 is 0 Å². The van der Waals surface area contributed by atoms with E-state index in [0.717, 1.165) is 11.3 Å². The molecule has 0 heterocycles. The van der Waals surface area contributed by atoms with Gasteiger partial charge in [0, 0.05) is 19.3 Å². The minimum atomic E-state index is -0.251. The van der Waals surface area contributed by atoms with E-state index in [4.69, 9.17) is 5.73 Å². The third kappa shape index (κ3) is 2.74. The van der Waals surface area contributed by atoms with E-state index in [1.165, 1.54) is 11.0 Å². The van der Waals surface area contributed by atoms with Crippen LogP contribution in [0.2, 0.25) is 0 Å². The second kappa shape index (κ2) is 5.54. The Morgan fingerprint density at radius 1 is 1.16 bits per heavy atom. The number of benzene rings is 2. The van der Waals surface area contributed by atoms with Crippen molar-refractivity contribution in [1.29, 1.82) is 0 Å². The van der Waals surface area contributed by atoms with Crippen LogP contribution >= 0.6 is 0 Å². The van der Waals surface area contributed by atoms with Gasteiger partial charge in [0.15, 0.2) is 0 Å². The standard InChI is InChI=1S/C15H16N2O2/c1-17(12-8-6-11(10-16)7-9-12)15(19)13-4-2-3-5-14(13)18/h2-9,18H,10,16H2,1H3. The highest BCUT2D eigenvalue weighted by molar-refractivity contribution is 6.07. The Kier molecular flexibility index (Phi) is 3.82. The summed E-state index contributed by atoms with van der Waals surface area (Å²) >= 11 is 0. The van der Waals surface area contributed by atoms with Crippen molar-refractivity contribution in [1.82, 2.24) is 0 Å². The Hall–Kier alpha value is -2.33. The lowest BCUT2D eigenvalue weighted by molar-refractivity contribution is 0.0990. The molecule has 0 aromatic heterocycles. The van der Waals surface area contributed by atoms with E-state index in [2.05, 4.69) is 0 Å². The predicted octanol–water partition coefficient (Wildman–Crippen LogP) is 2.13. The fourth-order valence-electron chi connectivity index (χ4n) is 1.81. The number of carbonyl (C=O) groups excluding carboxylic acids is 1. The zero-order chi connectivity index (χ0) is 13.8. The fourth-order valence-corrected chi connectivity index (χ4v) is 1.81. The summed E-state index contributed by atoms with van der Waals surface area (Å²) in [5, 5.41) is 9.69. The lowest BCUT2D eigenvalue weighted by Crippen LogP contribution is -2.26. The van der Waals surface area contributed by atoms with E-state index in [0.29, 0.717) is 6.54 Å². The first-order chi connectivity index (χ1) is 9.13. The van der Waals surface area contributed by atoms with Gasteiger partial charge in [-0.3, -0.25) is 4.79 Å². The fraction of sp³-hybridized carbons (Fsp3) is 0.133. The SMILES string of the molecule is CN(C(=O)c1ccccc1O)c1ccc(CN)cc1. The lowest BCUT2D eigenvalue weighted by Gasteiger charge is -2.18. The molecule has 0 spiro atoms. The number of aromatic hydroxyl groups is 1. The van der Waals surface area contributed by atoms with Crippen molar-refractivity contribution in [3.8, 4) is 5.75 Å². The summed E-state index contributed by atoms with van der Waals surface area (Å²) in [6.07, 6.45) is 0. The summed E-state index contributed by atoms with van der Waals surface area (Å²) in [4.78, 5) is 13.8. The average molecular weight is 256 g/mol. The minimum absolute atomic E-state index is 0.0158. The Bertz CT molecular complexity index is 579. The van der Waals surface area contributed by atoms with Crippen LogP contribution in [0.5, 0.6) is 5.75 Å². The molecule has 1 amide bonds. The van der Waals surface area contributed by atoms with Crippen LogP contribution < -0.4 is 10.6 Å². The summed E-state index contributed by atoms with van der Waals surface area (Å²) < 4.78 is 0. The molecule has 0 radical (unpaired) electrons. The number of hydrogen-bond acceptors (Lipinski definition) is 3. The summed E-state index contributed by atoms with van der Waals surface area (Å²) in [7, 11) is 1.67. The van der Waals surface area contributed by atoms with Gasteiger partial charge in [-0.05, 0) is 29.8 Å². The second-order valence-electron chi connectivity index (χ2n) is 4.25. The Balaban J connectivity index is 2.26. The molecule has 0 saturated heterocycles. The third-order valence-corrected chi connectivity index (χ3v) is 3.00. The van der Waals surface area contributed by atoms with Gasteiger partial charge in [-0.2, -0.15) is 0 Å². The van der Waals surface area contributed by atoms with Gasteiger partial charge in [0.1, 0.15) is 5.75 Å². The van der Waals surface area contributed by atoms with Crippen LogP contribution in [0.1, 0.15) is 15.9 Å². The molecular formula is C15H16N2O2. The van der Waals surface area contributed by atoms with Gasteiger partial charge in [-0.15, -0.1) is 0 Å². The van der Waals surface area contributed by atoms with Crippen molar-refractivity contribution < 1.29 is 9.90 Å². The molecule has 19 heavy (non-hydrogen) atoms. The Morgan fingerprint density at radius 3 is 2.37 bits per heavy atom. The molecule has 4 nitrogen and oxygen atoms in total. The second-order valence-corrected chi connectivity index (χ2v) is 4.25. The Labute approximate surface area is 112 Å². The van der Waals surface area contributed by atoms with E-state index in [9.17, 15) is 9.90 Å². The van der Waals surface area contributed by atoms with Crippen molar-refractivity contribution in [3.63, 3.8) is 0 Å². The molecule has 2 aromatic rings. The largest absolute Gasteiger partial charge is 0.507 e. The maximum atomic E-state index is 12.3. The van der Waals surface area contributed by atoms with Gasteiger partial charge in [0.2, 0.25) is 0 Å².